The second-order valence-electron chi connectivity index (χ2n) is 5.93. The van der Waals surface area contributed by atoms with Gasteiger partial charge < -0.3 is 9.67 Å². The van der Waals surface area contributed by atoms with Crippen LogP contribution < -0.4 is 0 Å². The SMILES string of the molecule is CC(C)c1ccc(C(O)Cn2ccnc2C(C)C)cc1. The van der Waals surface area contributed by atoms with Crippen LogP contribution in [0.15, 0.2) is 36.7 Å². The molecule has 1 heterocycles. The van der Waals surface area contributed by atoms with Crippen molar-refractivity contribution in [1.82, 2.24) is 9.55 Å². The summed E-state index contributed by atoms with van der Waals surface area (Å²) in [6, 6.07) is 8.24. The van der Waals surface area contributed by atoms with Gasteiger partial charge in [0.25, 0.3) is 0 Å². The van der Waals surface area contributed by atoms with Crippen LogP contribution in [-0.2, 0) is 6.54 Å². The van der Waals surface area contributed by atoms with Crippen molar-refractivity contribution in [3.63, 3.8) is 0 Å². The Bertz CT molecular complexity index is 540. The number of hydrogen-bond acceptors (Lipinski definition) is 2. The Kier molecular flexibility index (Phi) is 4.61. The number of aromatic nitrogens is 2. The minimum absolute atomic E-state index is 0.362. The van der Waals surface area contributed by atoms with Crippen molar-refractivity contribution in [1.29, 1.82) is 0 Å². The molecule has 0 aliphatic rings. The average Bonchev–Trinajstić information content (AvgIpc) is 2.87. The third kappa shape index (κ3) is 3.28. The Morgan fingerprint density at radius 3 is 2.15 bits per heavy atom. The Hall–Kier alpha value is -1.61. The van der Waals surface area contributed by atoms with E-state index in [1.807, 2.05) is 22.9 Å². The molecule has 0 bridgehead atoms. The highest BCUT2D eigenvalue weighted by atomic mass is 16.3. The van der Waals surface area contributed by atoms with E-state index in [9.17, 15) is 5.11 Å². The maximum Gasteiger partial charge on any atom is 0.111 e. The molecule has 108 valence electrons. The molecule has 2 aromatic rings. The lowest BCUT2D eigenvalue weighted by Crippen LogP contribution is -2.12. The lowest BCUT2D eigenvalue weighted by Gasteiger charge is -2.16. The van der Waals surface area contributed by atoms with E-state index in [0.717, 1.165) is 11.4 Å². The van der Waals surface area contributed by atoms with Crippen LogP contribution in [0.5, 0.6) is 0 Å². The summed E-state index contributed by atoms with van der Waals surface area (Å²) < 4.78 is 2.03. The number of aliphatic hydroxyl groups is 1. The topological polar surface area (TPSA) is 38.0 Å². The average molecular weight is 272 g/mol. The van der Waals surface area contributed by atoms with Crippen LogP contribution in [0.4, 0.5) is 0 Å². The fourth-order valence-corrected chi connectivity index (χ4v) is 2.37. The second kappa shape index (κ2) is 6.23. The van der Waals surface area contributed by atoms with Crippen molar-refractivity contribution in [2.45, 2.75) is 52.2 Å². The third-order valence-electron chi connectivity index (χ3n) is 3.62. The van der Waals surface area contributed by atoms with Crippen LogP contribution in [0.2, 0.25) is 0 Å². The van der Waals surface area contributed by atoms with Crippen LogP contribution in [-0.4, -0.2) is 14.7 Å². The number of nitrogens with zero attached hydrogens (tertiary/aromatic N) is 2. The predicted molar refractivity (Wildman–Crippen MR) is 81.8 cm³/mol. The maximum absolute atomic E-state index is 10.4. The van der Waals surface area contributed by atoms with E-state index in [1.54, 1.807) is 6.20 Å². The molecule has 0 saturated carbocycles. The highest BCUT2D eigenvalue weighted by molar-refractivity contribution is 5.26. The van der Waals surface area contributed by atoms with Gasteiger partial charge in [0.1, 0.15) is 5.82 Å². The third-order valence-corrected chi connectivity index (χ3v) is 3.62. The molecule has 0 amide bonds. The predicted octanol–water partition coefficient (Wildman–Crippen LogP) is 3.86. The molecule has 0 saturated heterocycles. The fourth-order valence-electron chi connectivity index (χ4n) is 2.37. The van der Waals surface area contributed by atoms with Crippen LogP contribution in [0.1, 0.15) is 62.6 Å². The summed E-state index contributed by atoms with van der Waals surface area (Å²) in [7, 11) is 0. The molecule has 2 rings (SSSR count). The van der Waals surface area contributed by atoms with Crippen LogP contribution >= 0.6 is 0 Å². The molecule has 3 nitrogen and oxygen atoms in total. The van der Waals surface area contributed by atoms with Crippen molar-refractivity contribution in [2.75, 3.05) is 0 Å². The van der Waals surface area contributed by atoms with Gasteiger partial charge in [-0.1, -0.05) is 52.0 Å². The summed E-state index contributed by atoms with van der Waals surface area (Å²) in [5.74, 6) is 1.89. The zero-order valence-corrected chi connectivity index (χ0v) is 12.7. The van der Waals surface area contributed by atoms with Crippen LogP contribution in [0.3, 0.4) is 0 Å². The molecular formula is C17H24N2O. The van der Waals surface area contributed by atoms with Gasteiger partial charge in [0, 0.05) is 18.3 Å². The van der Waals surface area contributed by atoms with Gasteiger partial charge in [0.05, 0.1) is 12.6 Å². The zero-order valence-electron chi connectivity index (χ0n) is 12.7. The van der Waals surface area contributed by atoms with E-state index in [0.29, 0.717) is 18.4 Å². The quantitative estimate of drug-likeness (QED) is 0.897. The molecule has 0 radical (unpaired) electrons. The molecular weight excluding hydrogens is 248 g/mol. The largest absolute Gasteiger partial charge is 0.387 e. The van der Waals surface area contributed by atoms with Gasteiger partial charge in [-0.05, 0) is 17.0 Å². The Morgan fingerprint density at radius 1 is 1.00 bits per heavy atom. The van der Waals surface area contributed by atoms with Crippen molar-refractivity contribution in [2.24, 2.45) is 0 Å². The summed E-state index contributed by atoms with van der Waals surface area (Å²) in [6.45, 7) is 9.12. The summed E-state index contributed by atoms with van der Waals surface area (Å²) in [5.41, 5.74) is 2.25. The minimum atomic E-state index is -0.497. The van der Waals surface area contributed by atoms with E-state index in [4.69, 9.17) is 0 Å². The highest BCUT2D eigenvalue weighted by Crippen LogP contribution is 2.21. The standard InChI is InChI=1S/C17H24N2O/c1-12(2)14-5-7-15(8-6-14)16(20)11-19-10-9-18-17(19)13(3)4/h5-10,12-13,16,20H,11H2,1-4H3. The lowest BCUT2D eigenvalue weighted by molar-refractivity contribution is 0.155. The van der Waals surface area contributed by atoms with Crippen molar-refractivity contribution in [3.8, 4) is 0 Å². The number of imidazole rings is 1. The van der Waals surface area contributed by atoms with Gasteiger partial charge in [-0.25, -0.2) is 4.98 Å². The van der Waals surface area contributed by atoms with Gasteiger partial charge in [-0.15, -0.1) is 0 Å². The normalized spacial score (nSPS) is 13.2. The van der Waals surface area contributed by atoms with Crippen LogP contribution in [0, 0.1) is 0 Å². The number of aliphatic hydroxyl groups excluding tert-OH is 1. The lowest BCUT2D eigenvalue weighted by atomic mass is 10.00. The van der Waals surface area contributed by atoms with Gasteiger partial charge >= 0.3 is 0 Å². The first-order chi connectivity index (χ1) is 9.49. The summed E-state index contributed by atoms with van der Waals surface area (Å²) in [6.07, 6.45) is 3.23. The molecule has 1 aromatic heterocycles. The smallest absolute Gasteiger partial charge is 0.111 e. The fraction of sp³-hybridized carbons (Fsp3) is 0.471. The number of rotatable bonds is 5. The van der Waals surface area contributed by atoms with Crippen molar-refractivity contribution in [3.05, 3.63) is 53.6 Å². The summed E-state index contributed by atoms with van der Waals surface area (Å²) in [5, 5.41) is 10.4. The molecule has 1 aromatic carbocycles. The zero-order chi connectivity index (χ0) is 14.7. The molecule has 1 N–H and O–H groups in total. The maximum atomic E-state index is 10.4. The van der Waals surface area contributed by atoms with E-state index in [2.05, 4.69) is 44.8 Å². The molecule has 1 atom stereocenters. The van der Waals surface area contributed by atoms with Gasteiger partial charge in [0.2, 0.25) is 0 Å². The number of benzene rings is 1. The van der Waals surface area contributed by atoms with E-state index in [1.165, 1.54) is 5.56 Å². The van der Waals surface area contributed by atoms with E-state index in [-0.39, 0.29) is 0 Å². The first-order valence-corrected chi connectivity index (χ1v) is 7.28. The van der Waals surface area contributed by atoms with Crippen molar-refractivity contribution >= 4 is 0 Å². The molecule has 0 spiro atoms. The first-order valence-electron chi connectivity index (χ1n) is 7.28. The highest BCUT2D eigenvalue weighted by Gasteiger charge is 2.13. The van der Waals surface area contributed by atoms with E-state index >= 15 is 0 Å². The Morgan fingerprint density at radius 2 is 1.60 bits per heavy atom. The van der Waals surface area contributed by atoms with E-state index < -0.39 is 6.10 Å². The molecule has 0 aliphatic carbocycles. The molecule has 3 heteroatoms. The molecule has 1 unspecified atom stereocenters. The second-order valence-corrected chi connectivity index (χ2v) is 5.93. The monoisotopic (exact) mass is 272 g/mol. The molecule has 0 aliphatic heterocycles. The Balaban J connectivity index is 2.11. The van der Waals surface area contributed by atoms with Gasteiger partial charge in [-0.2, -0.15) is 0 Å². The van der Waals surface area contributed by atoms with Gasteiger partial charge in [-0.3, -0.25) is 0 Å². The molecule has 0 fully saturated rings. The van der Waals surface area contributed by atoms with Crippen molar-refractivity contribution < 1.29 is 5.11 Å². The van der Waals surface area contributed by atoms with Gasteiger partial charge in [0.15, 0.2) is 0 Å². The van der Waals surface area contributed by atoms with Crippen LogP contribution in [0.25, 0.3) is 0 Å². The minimum Gasteiger partial charge on any atom is -0.387 e. The molecule has 20 heavy (non-hydrogen) atoms. The summed E-state index contributed by atoms with van der Waals surface area (Å²) >= 11 is 0. The Labute approximate surface area is 121 Å². The first kappa shape index (κ1) is 14.8. The summed E-state index contributed by atoms with van der Waals surface area (Å²) in [4.78, 5) is 4.35. The number of hydrogen-bond donors (Lipinski definition) is 1.